The molecule has 3 rings (SSSR count). The summed E-state index contributed by atoms with van der Waals surface area (Å²) in [5, 5.41) is 4.05. The maximum Gasteiger partial charge on any atom is 0.274 e. The maximum absolute atomic E-state index is 12.5. The van der Waals surface area contributed by atoms with Crippen molar-refractivity contribution < 1.29 is 9.69 Å². The molecule has 130 valence electrons. The Morgan fingerprint density at radius 2 is 1.88 bits per heavy atom. The summed E-state index contributed by atoms with van der Waals surface area (Å²) in [7, 11) is 1.56. The number of aryl methyl sites for hydroxylation is 1. The minimum absolute atomic E-state index is 0.102. The van der Waals surface area contributed by atoms with Crippen LogP contribution in [0.3, 0.4) is 0 Å². The van der Waals surface area contributed by atoms with Crippen molar-refractivity contribution in [3.8, 4) is 0 Å². The number of nitrogens with one attached hydrogen (secondary N) is 1. The van der Waals surface area contributed by atoms with E-state index in [9.17, 15) is 9.59 Å². The van der Waals surface area contributed by atoms with Crippen molar-refractivity contribution in [3.63, 3.8) is 0 Å². The zero-order valence-corrected chi connectivity index (χ0v) is 14.4. The predicted molar refractivity (Wildman–Crippen MR) is 96.4 cm³/mol. The standard InChI is InChI=1S/C19H22N4O2/c1-21-18(24)10-9-17(20-21)19(25)23-14-12-22(13-15-23)11-5-8-16-6-3-2-4-7-16/h2-10H,11-15H2,1H3/p+1/b8-5+. The van der Waals surface area contributed by atoms with Gasteiger partial charge in [0.1, 0.15) is 5.69 Å². The lowest BCUT2D eigenvalue weighted by atomic mass is 10.2. The molecule has 0 unspecified atom stereocenters. The Balaban J connectivity index is 1.51. The lowest BCUT2D eigenvalue weighted by molar-refractivity contribution is -0.898. The molecule has 6 nitrogen and oxygen atoms in total. The Hall–Kier alpha value is -2.73. The monoisotopic (exact) mass is 339 g/mol. The summed E-state index contributed by atoms with van der Waals surface area (Å²) in [6.45, 7) is 4.19. The van der Waals surface area contributed by atoms with E-state index in [0.717, 1.165) is 19.6 Å². The molecule has 1 saturated heterocycles. The van der Waals surface area contributed by atoms with Gasteiger partial charge in [-0.15, -0.1) is 0 Å². The highest BCUT2D eigenvalue weighted by Crippen LogP contribution is 2.01. The van der Waals surface area contributed by atoms with E-state index in [2.05, 4.69) is 29.4 Å². The quantitative estimate of drug-likeness (QED) is 0.842. The van der Waals surface area contributed by atoms with Gasteiger partial charge in [0, 0.05) is 13.1 Å². The van der Waals surface area contributed by atoms with Gasteiger partial charge in [-0.2, -0.15) is 5.10 Å². The second-order valence-corrected chi connectivity index (χ2v) is 6.24. The number of hydrogen-bond donors (Lipinski definition) is 1. The number of carbonyl (C=O) groups excluding carboxylic acids is 1. The molecule has 25 heavy (non-hydrogen) atoms. The van der Waals surface area contributed by atoms with Gasteiger partial charge in [0.25, 0.3) is 11.5 Å². The van der Waals surface area contributed by atoms with Gasteiger partial charge in [0.15, 0.2) is 0 Å². The molecule has 1 N–H and O–H groups in total. The van der Waals surface area contributed by atoms with Crippen LogP contribution in [0, 0.1) is 0 Å². The van der Waals surface area contributed by atoms with E-state index in [1.54, 1.807) is 7.05 Å². The van der Waals surface area contributed by atoms with Crippen molar-refractivity contribution in [2.45, 2.75) is 0 Å². The van der Waals surface area contributed by atoms with Crippen LogP contribution in [0.25, 0.3) is 6.08 Å². The van der Waals surface area contributed by atoms with Crippen LogP contribution in [0.4, 0.5) is 0 Å². The van der Waals surface area contributed by atoms with Gasteiger partial charge in [-0.1, -0.05) is 36.4 Å². The Morgan fingerprint density at radius 1 is 1.16 bits per heavy atom. The molecule has 0 aliphatic carbocycles. The lowest BCUT2D eigenvalue weighted by Gasteiger charge is -2.31. The molecule has 0 radical (unpaired) electrons. The number of amides is 1. The van der Waals surface area contributed by atoms with Gasteiger partial charge in [0.05, 0.1) is 32.7 Å². The van der Waals surface area contributed by atoms with E-state index >= 15 is 0 Å². The highest BCUT2D eigenvalue weighted by Gasteiger charge is 2.24. The fourth-order valence-electron chi connectivity index (χ4n) is 2.93. The summed E-state index contributed by atoms with van der Waals surface area (Å²) in [5.74, 6) is -0.102. The predicted octanol–water partition coefficient (Wildman–Crippen LogP) is -0.166. The molecule has 0 spiro atoms. The van der Waals surface area contributed by atoms with Crippen molar-refractivity contribution in [2.75, 3.05) is 32.7 Å². The number of rotatable bonds is 4. The number of carbonyl (C=O) groups is 1. The smallest absolute Gasteiger partial charge is 0.274 e. The normalized spacial score (nSPS) is 15.6. The van der Waals surface area contributed by atoms with Crippen molar-refractivity contribution in [1.82, 2.24) is 14.7 Å². The zero-order valence-electron chi connectivity index (χ0n) is 14.4. The third-order valence-electron chi connectivity index (χ3n) is 4.45. The highest BCUT2D eigenvalue weighted by atomic mass is 16.2. The van der Waals surface area contributed by atoms with Crippen LogP contribution in [0.2, 0.25) is 0 Å². The summed E-state index contributed by atoms with van der Waals surface area (Å²) >= 11 is 0. The Kier molecular flexibility index (Phi) is 5.40. The molecular formula is C19H23N4O2+. The van der Waals surface area contributed by atoms with Crippen molar-refractivity contribution in [3.05, 3.63) is 70.2 Å². The molecule has 1 aromatic heterocycles. The molecule has 1 aromatic carbocycles. The zero-order chi connectivity index (χ0) is 17.6. The number of hydrogen-bond acceptors (Lipinski definition) is 3. The summed E-state index contributed by atoms with van der Waals surface area (Å²) in [5.41, 5.74) is 1.32. The van der Waals surface area contributed by atoms with Crippen LogP contribution in [-0.2, 0) is 7.05 Å². The molecule has 2 aromatic rings. The number of piperazine rings is 1. The Labute approximate surface area is 147 Å². The lowest BCUT2D eigenvalue weighted by Crippen LogP contribution is -3.14. The van der Waals surface area contributed by atoms with Crippen LogP contribution < -0.4 is 10.5 Å². The average Bonchev–Trinajstić information content (AvgIpc) is 2.65. The van der Waals surface area contributed by atoms with Crippen molar-refractivity contribution in [1.29, 1.82) is 0 Å². The van der Waals surface area contributed by atoms with E-state index in [-0.39, 0.29) is 11.5 Å². The van der Waals surface area contributed by atoms with E-state index in [1.807, 2.05) is 23.1 Å². The molecule has 1 aliphatic heterocycles. The van der Waals surface area contributed by atoms with Crippen LogP contribution in [-0.4, -0.2) is 53.3 Å². The third-order valence-corrected chi connectivity index (χ3v) is 4.45. The number of benzene rings is 1. The summed E-state index contributed by atoms with van der Waals surface area (Å²) in [6.07, 6.45) is 4.33. The molecule has 1 fully saturated rings. The van der Waals surface area contributed by atoms with Gasteiger partial charge >= 0.3 is 0 Å². The number of nitrogens with zero attached hydrogens (tertiary/aromatic N) is 3. The van der Waals surface area contributed by atoms with Crippen LogP contribution in [0.15, 0.2) is 53.3 Å². The van der Waals surface area contributed by atoms with Gasteiger partial charge in [-0.3, -0.25) is 9.59 Å². The summed E-state index contributed by atoms with van der Waals surface area (Å²) in [6, 6.07) is 13.1. The summed E-state index contributed by atoms with van der Waals surface area (Å²) in [4.78, 5) is 27.2. The molecule has 6 heteroatoms. The fourth-order valence-corrected chi connectivity index (χ4v) is 2.93. The van der Waals surface area contributed by atoms with Gasteiger partial charge in [-0.05, 0) is 17.7 Å². The van der Waals surface area contributed by atoms with Gasteiger partial charge in [0.2, 0.25) is 0 Å². The van der Waals surface area contributed by atoms with Crippen molar-refractivity contribution >= 4 is 12.0 Å². The largest absolute Gasteiger partial charge is 0.329 e. The molecule has 0 saturated carbocycles. The van der Waals surface area contributed by atoms with E-state index < -0.39 is 0 Å². The minimum Gasteiger partial charge on any atom is -0.329 e. The Bertz CT molecular complexity index is 806. The molecule has 0 bridgehead atoms. The Morgan fingerprint density at radius 3 is 2.56 bits per heavy atom. The van der Waals surface area contributed by atoms with Gasteiger partial charge < -0.3 is 9.80 Å². The average molecular weight is 339 g/mol. The first-order valence-electron chi connectivity index (χ1n) is 8.52. The summed E-state index contributed by atoms with van der Waals surface area (Å²) < 4.78 is 1.20. The molecule has 1 aliphatic rings. The van der Waals surface area contributed by atoms with E-state index in [1.165, 1.54) is 27.3 Å². The topological polar surface area (TPSA) is 59.6 Å². The highest BCUT2D eigenvalue weighted by molar-refractivity contribution is 5.92. The molecule has 1 amide bonds. The van der Waals surface area contributed by atoms with Crippen LogP contribution in [0.1, 0.15) is 16.1 Å². The molecular weight excluding hydrogens is 316 g/mol. The second kappa shape index (κ2) is 7.90. The SMILES string of the molecule is Cn1nc(C(=O)N2CC[NH+](C/C=C/c3ccccc3)CC2)ccc1=O. The number of aromatic nitrogens is 2. The van der Waals surface area contributed by atoms with Crippen molar-refractivity contribution in [2.24, 2.45) is 7.05 Å². The first kappa shape index (κ1) is 17.1. The minimum atomic E-state index is -0.212. The third kappa shape index (κ3) is 4.42. The first-order chi connectivity index (χ1) is 12.1. The van der Waals surface area contributed by atoms with E-state index in [4.69, 9.17) is 0 Å². The van der Waals surface area contributed by atoms with E-state index in [0.29, 0.717) is 18.8 Å². The number of quaternary nitrogens is 1. The second-order valence-electron chi connectivity index (χ2n) is 6.24. The van der Waals surface area contributed by atoms with Gasteiger partial charge in [-0.25, -0.2) is 4.68 Å². The van der Waals surface area contributed by atoms with Crippen LogP contribution in [0.5, 0.6) is 0 Å². The maximum atomic E-state index is 12.5. The van der Waals surface area contributed by atoms with Crippen LogP contribution >= 0.6 is 0 Å². The fraction of sp³-hybridized carbons (Fsp3) is 0.316. The first-order valence-corrected chi connectivity index (χ1v) is 8.52. The molecule has 2 heterocycles. The molecule has 0 atom stereocenters.